The van der Waals surface area contributed by atoms with Crippen LogP contribution in [0.2, 0.25) is 0 Å². The minimum Gasteiger partial charge on any atom is -0.352 e. The number of aromatic nitrogens is 4. The molecule has 0 bridgehead atoms. The smallest absolute Gasteiger partial charge is 0.329 e. The van der Waals surface area contributed by atoms with Gasteiger partial charge in [-0.2, -0.15) is 0 Å². The fourth-order valence-electron chi connectivity index (χ4n) is 3.36. The van der Waals surface area contributed by atoms with Gasteiger partial charge in [-0.1, -0.05) is 30.3 Å². The minimum absolute atomic E-state index is 0.0771. The Balaban J connectivity index is 1.42. The second-order valence-electron chi connectivity index (χ2n) is 7.79. The number of hydrogen-bond acceptors (Lipinski definition) is 5. The van der Waals surface area contributed by atoms with Crippen molar-refractivity contribution in [2.24, 2.45) is 7.05 Å². The van der Waals surface area contributed by atoms with Gasteiger partial charge in [0, 0.05) is 32.4 Å². The van der Waals surface area contributed by atoms with Crippen molar-refractivity contribution < 1.29 is 9.59 Å². The van der Waals surface area contributed by atoms with Crippen molar-refractivity contribution >= 4 is 23.0 Å². The van der Waals surface area contributed by atoms with Crippen LogP contribution in [0.15, 0.2) is 39.9 Å². The molecule has 0 saturated heterocycles. The van der Waals surface area contributed by atoms with Gasteiger partial charge >= 0.3 is 5.69 Å². The average Bonchev–Trinajstić information content (AvgIpc) is 3.45. The molecule has 10 heteroatoms. The van der Waals surface area contributed by atoms with Gasteiger partial charge in [-0.3, -0.25) is 23.9 Å². The summed E-state index contributed by atoms with van der Waals surface area (Å²) >= 11 is 0. The molecule has 31 heavy (non-hydrogen) atoms. The number of benzene rings is 1. The Morgan fingerprint density at radius 3 is 2.65 bits per heavy atom. The third-order valence-electron chi connectivity index (χ3n) is 5.25. The molecule has 1 aliphatic rings. The maximum Gasteiger partial charge on any atom is 0.329 e. The maximum atomic E-state index is 12.6. The van der Waals surface area contributed by atoms with Gasteiger partial charge in [-0.15, -0.1) is 0 Å². The van der Waals surface area contributed by atoms with E-state index in [1.165, 1.54) is 11.6 Å². The molecule has 1 atom stereocenters. The van der Waals surface area contributed by atoms with E-state index in [-0.39, 0.29) is 41.9 Å². The van der Waals surface area contributed by atoms with Gasteiger partial charge in [0.1, 0.15) is 17.4 Å². The second kappa shape index (κ2) is 8.58. The molecule has 4 N–H and O–H groups in total. The molecule has 0 radical (unpaired) electrons. The molecule has 2 heterocycles. The first kappa shape index (κ1) is 20.6. The largest absolute Gasteiger partial charge is 0.352 e. The number of rotatable bonds is 8. The van der Waals surface area contributed by atoms with E-state index in [1.54, 1.807) is 0 Å². The number of fused-ring (bicyclic) bond motifs is 1. The number of nitrogens with one attached hydrogen (secondary N) is 4. The summed E-state index contributed by atoms with van der Waals surface area (Å²) in [7, 11) is 1.50. The maximum absolute atomic E-state index is 12.6. The van der Waals surface area contributed by atoms with Gasteiger partial charge < -0.3 is 15.6 Å². The molecule has 2 amide bonds. The van der Waals surface area contributed by atoms with E-state index >= 15 is 0 Å². The van der Waals surface area contributed by atoms with Crippen LogP contribution in [-0.2, 0) is 29.5 Å². The SMILES string of the molecule is Cn1c(=O)[nH]c(=O)c2[nH]c(CCC(=O)NC(Cc3ccccc3)C(=O)NC3CC3)nc21. The third-order valence-corrected chi connectivity index (χ3v) is 5.25. The van der Waals surface area contributed by atoms with E-state index in [0.717, 1.165) is 18.4 Å². The summed E-state index contributed by atoms with van der Waals surface area (Å²) in [6.45, 7) is 0. The summed E-state index contributed by atoms with van der Waals surface area (Å²) in [5.41, 5.74) is 0.258. The van der Waals surface area contributed by atoms with Crippen molar-refractivity contribution in [3.63, 3.8) is 0 Å². The van der Waals surface area contributed by atoms with Crippen LogP contribution in [0.1, 0.15) is 30.7 Å². The Labute approximate surface area is 177 Å². The molecule has 1 aliphatic carbocycles. The van der Waals surface area contributed by atoms with Gasteiger partial charge in [0.05, 0.1) is 0 Å². The zero-order valence-corrected chi connectivity index (χ0v) is 17.1. The zero-order chi connectivity index (χ0) is 22.0. The van der Waals surface area contributed by atoms with Crippen LogP contribution in [0.3, 0.4) is 0 Å². The monoisotopic (exact) mass is 424 g/mol. The first-order valence-electron chi connectivity index (χ1n) is 10.2. The zero-order valence-electron chi connectivity index (χ0n) is 17.1. The fraction of sp³-hybridized carbons (Fsp3) is 0.381. The van der Waals surface area contributed by atoms with Crippen LogP contribution >= 0.6 is 0 Å². The molecule has 4 rings (SSSR count). The molecule has 162 valence electrons. The standard InChI is InChI=1S/C21H24N6O4/c1-27-18-17(20(30)26-21(27)31)24-15(25-18)9-10-16(28)23-14(19(29)22-13-7-8-13)11-12-5-3-2-4-6-12/h2-6,13-14H,7-11H2,1H3,(H,22,29)(H,23,28)(H,24,25)(H,26,30,31). The van der Waals surface area contributed by atoms with E-state index < -0.39 is 17.3 Å². The Bertz CT molecular complexity index is 1220. The lowest BCUT2D eigenvalue weighted by molar-refractivity contribution is -0.129. The number of H-pyrrole nitrogens is 2. The minimum atomic E-state index is -0.671. The predicted molar refractivity (Wildman–Crippen MR) is 114 cm³/mol. The third kappa shape index (κ3) is 4.90. The number of aromatic amines is 2. The van der Waals surface area contributed by atoms with E-state index in [2.05, 4.69) is 25.6 Å². The van der Waals surface area contributed by atoms with Crippen molar-refractivity contribution in [2.75, 3.05) is 0 Å². The highest BCUT2D eigenvalue weighted by atomic mass is 16.2. The number of imidazole rings is 1. The molecule has 2 aromatic heterocycles. The van der Waals surface area contributed by atoms with Gasteiger partial charge in [-0.25, -0.2) is 9.78 Å². The first-order chi connectivity index (χ1) is 14.9. The van der Waals surface area contributed by atoms with Gasteiger partial charge in [0.25, 0.3) is 5.56 Å². The lowest BCUT2D eigenvalue weighted by atomic mass is 10.0. The van der Waals surface area contributed by atoms with Crippen LogP contribution < -0.4 is 21.9 Å². The van der Waals surface area contributed by atoms with Crippen molar-refractivity contribution in [3.8, 4) is 0 Å². The summed E-state index contributed by atoms with van der Waals surface area (Å²) in [6.07, 6.45) is 2.63. The average molecular weight is 424 g/mol. The number of carbonyl (C=O) groups is 2. The number of aryl methyl sites for hydroxylation is 2. The summed E-state index contributed by atoms with van der Waals surface area (Å²) < 4.78 is 1.23. The molecule has 1 saturated carbocycles. The van der Waals surface area contributed by atoms with E-state index in [9.17, 15) is 19.2 Å². The number of carbonyl (C=O) groups excluding carboxylic acids is 2. The summed E-state index contributed by atoms with van der Waals surface area (Å²) in [5, 5.41) is 5.76. The van der Waals surface area contributed by atoms with Crippen molar-refractivity contribution in [3.05, 3.63) is 62.6 Å². The highest BCUT2D eigenvalue weighted by Gasteiger charge is 2.28. The molecule has 1 aromatic carbocycles. The highest BCUT2D eigenvalue weighted by Crippen LogP contribution is 2.19. The predicted octanol–water partition coefficient (Wildman–Crippen LogP) is -0.111. The summed E-state index contributed by atoms with van der Waals surface area (Å²) in [6, 6.07) is 9.04. The molecule has 0 spiro atoms. The van der Waals surface area contributed by atoms with Crippen LogP contribution in [0.4, 0.5) is 0 Å². The number of nitrogens with zero attached hydrogens (tertiary/aromatic N) is 2. The molecule has 1 fully saturated rings. The Kier molecular flexibility index (Phi) is 5.70. The Morgan fingerprint density at radius 1 is 1.19 bits per heavy atom. The quantitative estimate of drug-likeness (QED) is 0.399. The highest BCUT2D eigenvalue weighted by molar-refractivity contribution is 5.88. The van der Waals surface area contributed by atoms with E-state index in [4.69, 9.17) is 0 Å². The molecular formula is C21H24N6O4. The van der Waals surface area contributed by atoms with Crippen LogP contribution in [0.25, 0.3) is 11.2 Å². The van der Waals surface area contributed by atoms with Gasteiger partial charge in [0.15, 0.2) is 5.65 Å². The number of hydrogen-bond donors (Lipinski definition) is 4. The molecule has 1 unspecified atom stereocenters. The van der Waals surface area contributed by atoms with Crippen molar-refractivity contribution in [1.29, 1.82) is 0 Å². The summed E-state index contributed by atoms with van der Waals surface area (Å²) in [5.74, 6) is -0.0704. The lowest BCUT2D eigenvalue weighted by Crippen LogP contribution is -2.48. The topological polar surface area (TPSA) is 142 Å². The Hall–Kier alpha value is -3.69. The van der Waals surface area contributed by atoms with Crippen LogP contribution in [-0.4, -0.2) is 43.4 Å². The summed E-state index contributed by atoms with van der Waals surface area (Å²) in [4.78, 5) is 58.1. The van der Waals surface area contributed by atoms with Crippen LogP contribution in [0, 0.1) is 0 Å². The van der Waals surface area contributed by atoms with Crippen molar-refractivity contribution in [2.45, 2.75) is 44.2 Å². The number of amides is 2. The van der Waals surface area contributed by atoms with Crippen molar-refractivity contribution in [1.82, 2.24) is 30.2 Å². The Morgan fingerprint density at radius 2 is 1.94 bits per heavy atom. The second-order valence-corrected chi connectivity index (χ2v) is 7.79. The van der Waals surface area contributed by atoms with E-state index in [0.29, 0.717) is 12.2 Å². The fourth-order valence-corrected chi connectivity index (χ4v) is 3.36. The molecular weight excluding hydrogens is 400 g/mol. The van der Waals surface area contributed by atoms with E-state index in [1.807, 2.05) is 30.3 Å². The normalized spacial score (nSPS) is 14.4. The molecule has 0 aliphatic heterocycles. The molecule has 10 nitrogen and oxygen atoms in total. The van der Waals surface area contributed by atoms with Gasteiger partial charge in [0.2, 0.25) is 11.8 Å². The van der Waals surface area contributed by atoms with Crippen LogP contribution in [0.5, 0.6) is 0 Å². The van der Waals surface area contributed by atoms with Gasteiger partial charge in [-0.05, 0) is 18.4 Å². The first-order valence-corrected chi connectivity index (χ1v) is 10.2. The lowest BCUT2D eigenvalue weighted by Gasteiger charge is -2.18. The molecule has 3 aromatic rings.